The SMILES string of the molecule is FC1(F)Cc2ccc(-c3csc(NC4=NCCCN4)n3)cc2CC1(F)F. The molecule has 0 bridgehead atoms. The van der Waals surface area contributed by atoms with Crippen molar-refractivity contribution in [2.24, 2.45) is 4.99 Å². The predicted octanol–water partition coefficient (Wildman–Crippen LogP) is 3.94. The van der Waals surface area contributed by atoms with Crippen molar-refractivity contribution in [2.45, 2.75) is 31.1 Å². The van der Waals surface area contributed by atoms with Crippen molar-refractivity contribution in [3.8, 4) is 11.3 Å². The molecule has 2 aromatic rings. The van der Waals surface area contributed by atoms with Gasteiger partial charge in [0.05, 0.1) is 5.69 Å². The molecule has 2 N–H and O–H groups in total. The normalized spacial score (nSPS) is 20.7. The molecule has 4 nitrogen and oxygen atoms in total. The summed E-state index contributed by atoms with van der Waals surface area (Å²) in [6.07, 6.45) is -0.919. The van der Waals surface area contributed by atoms with E-state index in [-0.39, 0.29) is 11.1 Å². The topological polar surface area (TPSA) is 49.3 Å². The monoisotopic (exact) mass is 384 g/mol. The predicted molar refractivity (Wildman–Crippen MR) is 93.4 cm³/mol. The molecule has 4 rings (SSSR count). The summed E-state index contributed by atoms with van der Waals surface area (Å²) in [5, 5.41) is 8.63. The van der Waals surface area contributed by atoms with Crippen molar-refractivity contribution in [1.29, 1.82) is 0 Å². The highest BCUT2D eigenvalue weighted by atomic mass is 32.1. The van der Waals surface area contributed by atoms with Gasteiger partial charge in [0, 0.05) is 36.9 Å². The molecular formula is C17H16F4N4S. The van der Waals surface area contributed by atoms with Gasteiger partial charge in [0.2, 0.25) is 0 Å². The Bertz CT molecular complexity index is 862. The van der Waals surface area contributed by atoms with Crippen LogP contribution >= 0.6 is 11.3 Å². The van der Waals surface area contributed by atoms with E-state index in [2.05, 4.69) is 20.6 Å². The van der Waals surface area contributed by atoms with E-state index >= 15 is 0 Å². The van der Waals surface area contributed by atoms with E-state index in [1.165, 1.54) is 23.5 Å². The molecule has 0 amide bonds. The van der Waals surface area contributed by atoms with E-state index in [1.54, 1.807) is 11.4 Å². The smallest absolute Gasteiger partial charge is 0.314 e. The van der Waals surface area contributed by atoms with Crippen molar-refractivity contribution < 1.29 is 17.6 Å². The summed E-state index contributed by atoms with van der Waals surface area (Å²) in [6.45, 7) is 1.59. The number of halogens is 4. The molecule has 1 aliphatic heterocycles. The fourth-order valence-corrected chi connectivity index (χ4v) is 3.76. The largest absolute Gasteiger partial charge is 0.356 e. The zero-order chi connectivity index (χ0) is 18.4. The van der Waals surface area contributed by atoms with Crippen LogP contribution in [0.1, 0.15) is 17.5 Å². The van der Waals surface area contributed by atoms with E-state index in [0.717, 1.165) is 19.5 Å². The van der Waals surface area contributed by atoms with Crippen molar-refractivity contribution in [3.63, 3.8) is 0 Å². The Morgan fingerprint density at radius 1 is 1.08 bits per heavy atom. The lowest BCUT2D eigenvalue weighted by Crippen LogP contribution is -2.47. The molecule has 0 atom stereocenters. The van der Waals surface area contributed by atoms with E-state index in [4.69, 9.17) is 0 Å². The van der Waals surface area contributed by atoms with E-state index in [1.807, 2.05) is 0 Å². The Morgan fingerprint density at radius 2 is 1.85 bits per heavy atom. The standard InChI is InChI=1S/C17H16F4N4S/c18-16(19)7-11-3-2-10(6-12(11)8-17(16,20)21)13-9-26-15(24-13)25-14-22-4-1-5-23-14/h2-3,6,9H,1,4-5,7-8H2,(H2,22,23,24,25). The third-order valence-electron chi connectivity index (χ3n) is 4.49. The van der Waals surface area contributed by atoms with E-state index < -0.39 is 24.7 Å². The first kappa shape index (κ1) is 17.3. The molecule has 138 valence electrons. The quantitative estimate of drug-likeness (QED) is 0.771. The van der Waals surface area contributed by atoms with Gasteiger partial charge in [0.1, 0.15) is 0 Å². The molecule has 0 fully saturated rings. The average Bonchev–Trinajstić information content (AvgIpc) is 3.04. The summed E-state index contributed by atoms with van der Waals surface area (Å²) in [5.74, 6) is -7.38. The molecule has 1 aromatic carbocycles. The van der Waals surface area contributed by atoms with Crippen molar-refractivity contribution >= 4 is 22.4 Å². The lowest BCUT2D eigenvalue weighted by Gasteiger charge is -2.32. The highest BCUT2D eigenvalue weighted by molar-refractivity contribution is 7.14. The number of anilines is 1. The number of fused-ring (bicyclic) bond motifs is 1. The third kappa shape index (κ3) is 3.15. The second-order valence-corrected chi connectivity index (χ2v) is 7.28. The van der Waals surface area contributed by atoms with Gasteiger partial charge in [0.25, 0.3) is 0 Å². The van der Waals surface area contributed by atoms with Gasteiger partial charge in [-0.05, 0) is 23.6 Å². The first-order valence-corrected chi connectivity index (χ1v) is 9.11. The second kappa shape index (κ2) is 6.22. The summed E-state index contributed by atoms with van der Waals surface area (Å²) in [6, 6.07) is 4.67. The molecule has 2 aliphatic rings. The van der Waals surface area contributed by atoms with Crippen LogP contribution in [0.2, 0.25) is 0 Å². The summed E-state index contributed by atoms with van der Waals surface area (Å²) >= 11 is 1.36. The molecule has 2 heterocycles. The third-order valence-corrected chi connectivity index (χ3v) is 5.25. The van der Waals surface area contributed by atoms with Crippen molar-refractivity contribution in [2.75, 3.05) is 18.4 Å². The van der Waals surface area contributed by atoms with Crippen LogP contribution in [0.25, 0.3) is 11.3 Å². The molecule has 1 aromatic heterocycles. The van der Waals surface area contributed by atoms with Gasteiger partial charge in [-0.2, -0.15) is 17.6 Å². The molecule has 9 heteroatoms. The van der Waals surface area contributed by atoms with Gasteiger partial charge >= 0.3 is 11.8 Å². The van der Waals surface area contributed by atoms with Crippen LogP contribution in [0.3, 0.4) is 0 Å². The number of alkyl halides is 4. The Balaban J connectivity index is 1.57. The maximum atomic E-state index is 13.7. The fourth-order valence-electron chi connectivity index (χ4n) is 3.04. The molecule has 0 saturated heterocycles. The zero-order valence-electron chi connectivity index (χ0n) is 13.7. The van der Waals surface area contributed by atoms with Crippen LogP contribution in [0, 0.1) is 0 Å². The minimum absolute atomic E-state index is 0.249. The number of nitrogens with one attached hydrogen (secondary N) is 2. The fraction of sp³-hybridized carbons (Fsp3) is 0.412. The summed E-state index contributed by atoms with van der Waals surface area (Å²) < 4.78 is 54.4. The molecule has 26 heavy (non-hydrogen) atoms. The Morgan fingerprint density at radius 3 is 2.58 bits per heavy atom. The van der Waals surface area contributed by atoms with E-state index in [9.17, 15) is 17.6 Å². The van der Waals surface area contributed by atoms with Crippen molar-refractivity contribution in [3.05, 3.63) is 34.7 Å². The average molecular weight is 384 g/mol. The van der Waals surface area contributed by atoms with E-state index in [0.29, 0.717) is 22.3 Å². The number of hydrogen-bond donors (Lipinski definition) is 2. The number of hydrogen-bond acceptors (Lipinski definition) is 5. The van der Waals surface area contributed by atoms with Crippen LogP contribution < -0.4 is 10.6 Å². The molecule has 0 radical (unpaired) electrons. The molecular weight excluding hydrogens is 368 g/mol. The van der Waals surface area contributed by atoms with Gasteiger partial charge in [-0.3, -0.25) is 4.99 Å². The lowest BCUT2D eigenvalue weighted by atomic mass is 9.85. The Labute approximate surface area is 151 Å². The highest BCUT2D eigenvalue weighted by Gasteiger charge is 2.58. The Hall–Kier alpha value is -2.16. The molecule has 0 spiro atoms. The summed E-state index contributed by atoms with van der Waals surface area (Å²) in [7, 11) is 0. The van der Waals surface area contributed by atoms with Crippen LogP contribution in [-0.4, -0.2) is 35.9 Å². The first-order valence-electron chi connectivity index (χ1n) is 8.23. The van der Waals surface area contributed by atoms with Gasteiger partial charge in [-0.1, -0.05) is 12.1 Å². The number of rotatable bonds is 2. The van der Waals surface area contributed by atoms with Gasteiger partial charge < -0.3 is 10.6 Å². The highest BCUT2D eigenvalue weighted by Crippen LogP contribution is 2.45. The van der Waals surface area contributed by atoms with Crippen molar-refractivity contribution in [1.82, 2.24) is 10.3 Å². The number of nitrogens with zero attached hydrogens (tertiary/aromatic N) is 2. The lowest BCUT2D eigenvalue weighted by molar-refractivity contribution is -0.211. The summed E-state index contributed by atoms with van der Waals surface area (Å²) in [4.78, 5) is 8.74. The first-order chi connectivity index (χ1) is 12.3. The minimum Gasteiger partial charge on any atom is -0.356 e. The zero-order valence-corrected chi connectivity index (χ0v) is 14.5. The number of aliphatic imine (C=N–C) groups is 1. The van der Waals surface area contributed by atoms with Crippen LogP contribution in [0.5, 0.6) is 0 Å². The van der Waals surface area contributed by atoms with Gasteiger partial charge in [0.15, 0.2) is 11.1 Å². The molecule has 0 saturated carbocycles. The van der Waals surface area contributed by atoms with Crippen LogP contribution in [0.15, 0.2) is 28.6 Å². The number of guanidine groups is 1. The van der Waals surface area contributed by atoms with Crippen LogP contribution in [0.4, 0.5) is 22.7 Å². The maximum absolute atomic E-state index is 13.7. The number of aromatic nitrogens is 1. The number of benzene rings is 1. The molecule has 0 unspecified atom stereocenters. The second-order valence-electron chi connectivity index (χ2n) is 6.42. The minimum atomic E-state index is -4.03. The van der Waals surface area contributed by atoms with Gasteiger partial charge in [-0.25, -0.2) is 4.98 Å². The number of thiazole rings is 1. The van der Waals surface area contributed by atoms with Crippen LogP contribution in [-0.2, 0) is 12.8 Å². The van der Waals surface area contributed by atoms with Gasteiger partial charge in [-0.15, -0.1) is 11.3 Å². The Kier molecular flexibility index (Phi) is 4.13. The summed E-state index contributed by atoms with van der Waals surface area (Å²) in [5.41, 5.74) is 1.75. The molecule has 1 aliphatic carbocycles. The maximum Gasteiger partial charge on any atom is 0.314 e.